The van der Waals surface area contributed by atoms with Crippen LogP contribution in [0.4, 0.5) is 0 Å². The molecule has 0 unspecified atom stereocenters. The van der Waals surface area contributed by atoms with Crippen molar-refractivity contribution in [3.05, 3.63) is 0 Å². The smallest absolute Gasteiger partial charge is 0.305 e. The standard InChI is InChI=1S/C53H104N2O5/c1-7-11-15-25-35-49(36-26-16-12-8-2)39-33-47-59-52(57)41-29-21-19-23-31-44-55(51(56)43-46-54(5)6)45-32-24-20-22-30-42-53(58)60-48-34-40-50(37-27-17-13-9-3)38-28-18-14-10-4/h49-50H,7-48H2,1-6H3. The highest BCUT2D eigenvalue weighted by Gasteiger charge is 2.15. The molecule has 60 heavy (non-hydrogen) atoms. The summed E-state index contributed by atoms with van der Waals surface area (Å²) in [7, 11) is 4.04. The first kappa shape index (κ1) is 58.4. The van der Waals surface area contributed by atoms with Gasteiger partial charge in [-0.25, -0.2) is 0 Å². The first-order valence-electron chi connectivity index (χ1n) is 26.5. The number of esters is 2. The normalized spacial score (nSPS) is 11.6. The fourth-order valence-electron chi connectivity index (χ4n) is 8.61. The molecule has 7 heteroatoms. The van der Waals surface area contributed by atoms with Crippen LogP contribution >= 0.6 is 0 Å². The van der Waals surface area contributed by atoms with Gasteiger partial charge in [0.2, 0.25) is 5.91 Å². The van der Waals surface area contributed by atoms with Gasteiger partial charge in [0.25, 0.3) is 0 Å². The lowest BCUT2D eigenvalue weighted by molar-refractivity contribution is -0.144. The molecule has 0 aromatic heterocycles. The second kappa shape index (κ2) is 45.4. The first-order valence-corrected chi connectivity index (χ1v) is 26.5. The Morgan fingerprint density at radius 2 is 0.683 bits per heavy atom. The summed E-state index contributed by atoms with van der Waals surface area (Å²) in [5.74, 6) is 1.76. The molecule has 0 atom stereocenters. The quantitative estimate of drug-likeness (QED) is 0.0448. The zero-order chi connectivity index (χ0) is 44.2. The predicted octanol–water partition coefficient (Wildman–Crippen LogP) is 15.2. The lowest BCUT2D eigenvalue weighted by Gasteiger charge is -2.24. The topological polar surface area (TPSA) is 76.1 Å². The monoisotopic (exact) mass is 849 g/mol. The zero-order valence-corrected chi connectivity index (χ0v) is 41.3. The highest BCUT2D eigenvalue weighted by Crippen LogP contribution is 2.24. The van der Waals surface area contributed by atoms with Gasteiger partial charge in [0.1, 0.15) is 0 Å². The number of rotatable bonds is 47. The van der Waals surface area contributed by atoms with Gasteiger partial charge in [-0.15, -0.1) is 0 Å². The second-order valence-corrected chi connectivity index (χ2v) is 18.8. The molecule has 0 N–H and O–H groups in total. The molecule has 0 fully saturated rings. The second-order valence-electron chi connectivity index (χ2n) is 18.8. The van der Waals surface area contributed by atoms with Crippen LogP contribution in [0.15, 0.2) is 0 Å². The van der Waals surface area contributed by atoms with Crippen LogP contribution in [-0.2, 0) is 23.9 Å². The summed E-state index contributed by atoms with van der Waals surface area (Å²) >= 11 is 0. The molecule has 0 aliphatic heterocycles. The van der Waals surface area contributed by atoms with Crippen molar-refractivity contribution in [2.24, 2.45) is 11.8 Å². The van der Waals surface area contributed by atoms with Gasteiger partial charge < -0.3 is 19.3 Å². The Hall–Kier alpha value is -1.63. The van der Waals surface area contributed by atoms with Crippen molar-refractivity contribution in [2.45, 2.75) is 265 Å². The van der Waals surface area contributed by atoms with Crippen molar-refractivity contribution in [1.82, 2.24) is 9.80 Å². The van der Waals surface area contributed by atoms with E-state index < -0.39 is 0 Å². The fraction of sp³-hybridized carbons (Fsp3) is 0.943. The van der Waals surface area contributed by atoms with E-state index in [4.69, 9.17) is 9.47 Å². The van der Waals surface area contributed by atoms with Gasteiger partial charge in [-0.05, 0) is 77.3 Å². The molecule has 0 saturated heterocycles. The van der Waals surface area contributed by atoms with Crippen LogP contribution in [0, 0.1) is 11.8 Å². The number of amides is 1. The summed E-state index contributed by atoms with van der Waals surface area (Å²) in [6.07, 6.45) is 42.9. The maximum absolute atomic E-state index is 13.1. The summed E-state index contributed by atoms with van der Waals surface area (Å²) in [5.41, 5.74) is 0. The van der Waals surface area contributed by atoms with E-state index in [0.29, 0.717) is 32.5 Å². The van der Waals surface area contributed by atoms with Gasteiger partial charge in [-0.2, -0.15) is 0 Å². The van der Waals surface area contributed by atoms with E-state index >= 15 is 0 Å². The molecule has 0 aromatic carbocycles. The van der Waals surface area contributed by atoms with E-state index in [-0.39, 0.29) is 17.8 Å². The van der Waals surface area contributed by atoms with E-state index in [9.17, 15) is 14.4 Å². The van der Waals surface area contributed by atoms with Crippen LogP contribution in [0.25, 0.3) is 0 Å². The molecular formula is C53H104N2O5. The van der Waals surface area contributed by atoms with Gasteiger partial charge in [0, 0.05) is 38.9 Å². The molecule has 356 valence electrons. The molecule has 0 aliphatic carbocycles. The molecule has 0 aliphatic rings. The van der Waals surface area contributed by atoms with Gasteiger partial charge in [0.15, 0.2) is 0 Å². The number of nitrogens with zero attached hydrogens (tertiary/aromatic N) is 2. The van der Waals surface area contributed by atoms with Crippen LogP contribution in [0.1, 0.15) is 265 Å². The maximum atomic E-state index is 13.1. The third kappa shape index (κ3) is 40.4. The molecule has 1 amide bonds. The minimum absolute atomic E-state index is 0.0366. The van der Waals surface area contributed by atoms with Crippen LogP contribution in [0.2, 0.25) is 0 Å². The predicted molar refractivity (Wildman–Crippen MR) is 258 cm³/mol. The molecule has 0 heterocycles. The van der Waals surface area contributed by atoms with E-state index in [0.717, 1.165) is 109 Å². The van der Waals surface area contributed by atoms with Gasteiger partial charge in [-0.1, -0.05) is 195 Å². The Morgan fingerprint density at radius 1 is 0.367 bits per heavy atom. The highest BCUT2D eigenvalue weighted by atomic mass is 16.5. The molecule has 0 radical (unpaired) electrons. The highest BCUT2D eigenvalue weighted by molar-refractivity contribution is 5.76. The summed E-state index contributed by atoms with van der Waals surface area (Å²) in [5, 5.41) is 0. The number of carbonyl (C=O) groups is 3. The zero-order valence-electron chi connectivity index (χ0n) is 41.3. The van der Waals surface area contributed by atoms with E-state index in [1.165, 1.54) is 141 Å². The summed E-state index contributed by atoms with van der Waals surface area (Å²) < 4.78 is 11.3. The molecule has 0 bridgehead atoms. The molecule has 0 aromatic rings. The lowest BCUT2D eigenvalue weighted by atomic mass is 9.91. The van der Waals surface area contributed by atoms with Crippen LogP contribution in [0.3, 0.4) is 0 Å². The average Bonchev–Trinajstić information content (AvgIpc) is 3.24. The van der Waals surface area contributed by atoms with E-state index in [2.05, 4.69) is 37.5 Å². The van der Waals surface area contributed by atoms with Crippen molar-refractivity contribution < 1.29 is 23.9 Å². The van der Waals surface area contributed by atoms with Crippen LogP contribution < -0.4 is 0 Å². The average molecular weight is 849 g/mol. The number of hydrogen-bond donors (Lipinski definition) is 0. The number of carbonyl (C=O) groups excluding carboxylic acids is 3. The maximum Gasteiger partial charge on any atom is 0.305 e. The Morgan fingerprint density at radius 3 is 1.03 bits per heavy atom. The minimum Gasteiger partial charge on any atom is -0.466 e. The van der Waals surface area contributed by atoms with E-state index in [1.807, 2.05) is 14.1 Å². The number of unbranched alkanes of at least 4 members (excludes halogenated alkanes) is 20. The third-order valence-corrected chi connectivity index (χ3v) is 12.6. The molecule has 7 nitrogen and oxygen atoms in total. The third-order valence-electron chi connectivity index (χ3n) is 12.6. The molecule has 0 spiro atoms. The van der Waals surface area contributed by atoms with Crippen molar-refractivity contribution >= 4 is 17.8 Å². The largest absolute Gasteiger partial charge is 0.466 e. The molecular weight excluding hydrogens is 745 g/mol. The fourth-order valence-corrected chi connectivity index (χ4v) is 8.61. The Labute approximate surface area is 374 Å². The van der Waals surface area contributed by atoms with Crippen molar-refractivity contribution in [2.75, 3.05) is 46.9 Å². The summed E-state index contributed by atoms with van der Waals surface area (Å²) in [4.78, 5) is 42.1. The minimum atomic E-state index is -0.0366. The summed E-state index contributed by atoms with van der Waals surface area (Å²) in [6, 6.07) is 0. The van der Waals surface area contributed by atoms with Gasteiger partial charge >= 0.3 is 11.9 Å². The van der Waals surface area contributed by atoms with Crippen molar-refractivity contribution in [3.63, 3.8) is 0 Å². The van der Waals surface area contributed by atoms with Gasteiger partial charge in [0.05, 0.1) is 13.2 Å². The van der Waals surface area contributed by atoms with Gasteiger partial charge in [-0.3, -0.25) is 14.4 Å². The Kier molecular flexibility index (Phi) is 44.2. The summed E-state index contributed by atoms with van der Waals surface area (Å²) in [6.45, 7) is 12.7. The van der Waals surface area contributed by atoms with Crippen molar-refractivity contribution in [1.29, 1.82) is 0 Å². The number of hydrogen-bond acceptors (Lipinski definition) is 6. The van der Waals surface area contributed by atoms with Crippen LogP contribution in [-0.4, -0.2) is 74.6 Å². The number of ether oxygens (including phenoxy) is 2. The SMILES string of the molecule is CCCCCCC(CCCCCC)CCCOC(=O)CCCCCCCN(CCCCCCCC(=O)OCCCC(CCCCCC)CCCCCC)C(=O)CCN(C)C. The van der Waals surface area contributed by atoms with Crippen LogP contribution in [0.5, 0.6) is 0 Å². The van der Waals surface area contributed by atoms with Crippen molar-refractivity contribution in [3.8, 4) is 0 Å². The lowest BCUT2D eigenvalue weighted by Crippen LogP contribution is -2.34. The first-order chi connectivity index (χ1) is 29.3. The molecule has 0 rings (SSSR count). The Balaban J connectivity index is 4.24. The molecule has 0 saturated carbocycles. The Bertz CT molecular complexity index is 856. The van der Waals surface area contributed by atoms with E-state index in [1.54, 1.807) is 0 Å².